The van der Waals surface area contributed by atoms with Crippen LogP contribution in [0.1, 0.15) is 39.0 Å². The molecule has 2 amide bonds. The molecule has 8 heteroatoms. The molecule has 2 aromatic rings. The number of hydrogen-bond acceptors (Lipinski definition) is 5. The molecule has 2 N–H and O–H groups in total. The number of carbonyl (C=O) groups excluding carboxylic acids is 2. The second-order valence-corrected chi connectivity index (χ2v) is 6.23. The number of thiazole rings is 1. The van der Waals surface area contributed by atoms with E-state index in [9.17, 15) is 9.59 Å². The SMILES string of the molecule is Cc1nc(C)c(C(C)NC(=O)CNC(=O)c2ccnn2C)s1. The first-order valence-electron chi connectivity index (χ1n) is 6.88. The quantitative estimate of drug-likeness (QED) is 0.863. The summed E-state index contributed by atoms with van der Waals surface area (Å²) in [5, 5.41) is 10.3. The summed E-state index contributed by atoms with van der Waals surface area (Å²) in [6.07, 6.45) is 1.53. The topological polar surface area (TPSA) is 88.9 Å². The molecule has 0 bridgehead atoms. The Kier molecular flexibility index (Phi) is 4.92. The van der Waals surface area contributed by atoms with Crippen molar-refractivity contribution >= 4 is 23.2 Å². The van der Waals surface area contributed by atoms with E-state index in [1.54, 1.807) is 24.5 Å². The highest BCUT2D eigenvalue weighted by Crippen LogP contribution is 2.24. The summed E-state index contributed by atoms with van der Waals surface area (Å²) in [5.41, 5.74) is 1.34. The first-order chi connectivity index (χ1) is 10.4. The molecule has 2 heterocycles. The Bertz CT molecular complexity index is 691. The summed E-state index contributed by atoms with van der Waals surface area (Å²) in [5.74, 6) is -0.568. The average Bonchev–Trinajstić information content (AvgIpc) is 3.01. The lowest BCUT2D eigenvalue weighted by molar-refractivity contribution is -0.120. The van der Waals surface area contributed by atoms with Crippen LogP contribution in [0, 0.1) is 13.8 Å². The average molecular weight is 321 g/mol. The molecule has 0 aromatic carbocycles. The van der Waals surface area contributed by atoms with Gasteiger partial charge in [0.2, 0.25) is 5.91 Å². The van der Waals surface area contributed by atoms with Crippen molar-refractivity contribution in [2.75, 3.05) is 6.54 Å². The van der Waals surface area contributed by atoms with Gasteiger partial charge in [0.05, 0.1) is 23.3 Å². The summed E-state index contributed by atoms with van der Waals surface area (Å²) >= 11 is 1.56. The molecule has 1 atom stereocenters. The van der Waals surface area contributed by atoms with Crippen LogP contribution < -0.4 is 10.6 Å². The fourth-order valence-electron chi connectivity index (χ4n) is 2.15. The molecule has 0 fully saturated rings. The van der Waals surface area contributed by atoms with Gasteiger partial charge in [-0.25, -0.2) is 4.98 Å². The molecule has 0 aliphatic carbocycles. The van der Waals surface area contributed by atoms with Crippen molar-refractivity contribution < 1.29 is 9.59 Å². The number of rotatable bonds is 5. The van der Waals surface area contributed by atoms with E-state index in [0.29, 0.717) is 5.69 Å². The Morgan fingerprint density at radius 3 is 2.68 bits per heavy atom. The van der Waals surface area contributed by atoms with Crippen LogP contribution in [0.3, 0.4) is 0 Å². The van der Waals surface area contributed by atoms with Gasteiger partial charge in [-0.15, -0.1) is 11.3 Å². The molecule has 0 aliphatic rings. The Balaban J connectivity index is 1.87. The Morgan fingerprint density at radius 1 is 1.41 bits per heavy atom. The molecule has 22 heavy (non-hydrogen) atoms. The molecule has 0 saturated heterocycles. The smallest absolute Gasteiger partial charge is 0.269 e. The van der Waals surface area contributed by atoms with Gasteiger partial charge in [-0.2, -0.15) is 5.10 Å². The fraction of sp³-hybridized carbons (Fsp3) is 0.429. The molecular weight excluding hydrogens is 302 g/mol. The van der Waals surface area contributed by atoms with Gasteiger partial charge in [-0.1, -0.05) is 0 Å². The highest BCUT2D eigenvalue weighted by Gasteiger charge is 2.16. The third-order valence-electron chi connectivity index (χ3n) is 3.17. The predicted octanol–water partition coefficient (Wildman–Crippen LogP) is 1.10. The Morgan fingerprint density at radius 2 is 2.14 bits per heavy atom. The van der Waals surface area contributed by atoms with Crippen LogP contribution in [0.5, 0.6) is 0 Å². The van der Waals surface area contributed by atoms with Crippen molar-refractivity contribution in [3.05, 3.63) is 33.5 Å². The molecule has 7 nitrogen and oxygen atoms in total. The van der Waals surface area contributed by atoms with E-state index in [1.165, 1.54) is 10.9 Å². The van der Waals surface area contributed by atoms with Crippen molar-refractivity contribution in [1.29, 1.82) is 0 Å². The maximum atomic E-state index is 11.9. The summed E-state index contributed by atoms with van der Waals surface area (Å²) in [7, 11) is 1.67. The number of aromatic nitrogens is 3. The number of nitrogens with zero attached hydrogens (tertiary/aromatic N) is 3. The monoisotopic (exact) mass is 321 g/mol. The molecule has 0 spiro atoms. The van der Waals surface area contributed by atoms with Crippen LogP contribution in [0.4, 0.5) is 0 Å². The highest BCUT2D eigenvalue weighted by atomic mass is 32.1. The van der Waals surface area contributed by atoms with Crippen molar-refractivity contribution in [3.8, 4) is 0 Å². The minimum absolute atomic E-state index is 0.0782. The van der Waals surface area contributed by atoms with E-state index >= 15 is 0 Å². The first kappa shape index (κ1) is 16.2. The standard InChI is InChI=1S/C14H19N5O2S/c1-8-13(22-10(3)17-8)9(2)18-12(20)7-15-14(21)11-5-6-16-19(11)4/h5-6,9H,7H2,1-4H3,(H,15,21)(H,18,20). The zero-order chi connectivity index (χ0) is 16.3. The third-order valence-corrected chi connectivity index (χ3v) is 4.43. The maximum Gasteiger partial charge on any atom is 0.269 e. The van der Waals surface area contributed by atoms with Crippen LogP contribution in [-0.4, -0.2) is 33.1 Å². The third kappa shape index (κ3) is 3.70. The highest BCUT2D eigenvalue weighted by molar-refractivity contribution is 7.11. The zero-order valence-corrected chi connectivity index (χ0v) is 13.8. The molecule has 2 aromatic heterocycles. The summed E-state index contributed by atoms with van der Waals surface area (Å²) < 4.78 is 1.46. The number of amides is 2. The minimum Gasteiger partial charge on any atom is -0.347 e. The van der Waals surface area contributed by atoms with E-state index in [0.717, 1.165) is 15.6 Å². The number of nitrogens with one attached hydrogen (secondary N) is 2. The van der Waals surface area contributed by atoms with Gasteiger partial charge in [-0.3, -0.25) is 14.3 Å². The van der Waals surface area contributed by atoms with Gasteiger partial charge in [0, 0.05) is 18.1 Å². The predicted molar refractivity (Wildman–Crippen MR) is 83.7 cm³/mol. The van der Waals surface area contributed by atoms with Crippen molar-refractivity contribution in [1.82, 2.24) is 25.4 Å². The molecule has 1 unspecified atom stereocenters. The van der Waals surface area contributed by atoms with Crippen molar-refractivity contribution in [2.45, 2.75) is 26.8 Å². The van der Waals surface area contributed by atoms with Crippen LogP contribution in [0.2, 0.25) is 0 Å². The molecular formula is C14H19N5O2S. The van der Waals surface area contributed by atoms with Crippen LogP contribution in [0.25, 0.3) is 0 Å². The van der Waals surface area contributed by atoms with Gasteiger partial charge < -0.3 is 10.6 Å². The lowest BCUT2D eigenvalue weighted by Gasteiger charge is -2.13. The van der Waals surface area contributed by atoms with Gasteiger partial charge >= 0.3 is 0 Å². The second kappa shape index (κ2) is 6.69. The van der Waals surface area contributed by atoms with E-state index in [4.69, 9.17) is 0 Å². The van der Waals surface area contributed by atoms with Gasteiger partial charge in [0.25, 0.3) is 5.91 Å². The van der Waals surface area contributed by atoms with E-state index < -0.39 is 0 Å². The summed E-state index contributed by atoms with van der Waals surface area (Å²) in [4.78, 5) is 29.2. The normalized spacial score (nSPS) is 12.0. The Labute approximate surface area is 132 Å². The van der Waals surface area contributed by atoms with E-state index in [2.05, 4.69) is 20.7 Å². The molecule has 0 saturated carbocycles. The lowest BCUT2D eigenvalue weighted by Crippen LogP contribution is -2.38. The van der Waals surface area contributed by atoms with Gasteiger partial charge in [0.15, 0.2) is 0 Å². The lowest BCUT2D eigenvalue weighted by atomic mass is 10.2. The van der Waals surface area contributed by atoms with E-state index in [1.807, 2.05) is 20.8 Å². The Hall–Kier alpha value is -2.22. The fourth-order valence-corrected chi connectivity index (χ4v) is 3.08. The van der Waals surface area contributed by atoms with Crippen LogP contribution >= 0.6 is 11.3 Å². The van der Waals surface area contributed by atoms with Gasteiger partial charge in [0.1, 0.15) is 5.69 Å². The number of hydrogen-bond donors (Lipinski definition) is 2. The molecule has 0 aliphatic heterocycles. The molecule has 118 valence electrons. The van der Waals surface area contributed by atoms with Crippen LogP contribution in [-0.2, 0) is 11.8 Å². The number of aryl methyl sites for hydroxylation is 3. The van der Waals surface area contributed by atoms with Crippen molar-refractivity contribution in [2.24, 2.45) is 7.05 Å². The zero-order valence-electron chi connectivity index (χ0n) is 13.0. The minimum atomic E-state index is -0.326. The van der Waals surface area contributed by atoms with Crippen molar-refractivity contribution in [3.63, 3.8) is 0 Å². The van der Waals surface area contributed by atoms with Crippen LogP contribution in [0.15, 0.2) is 12.3 Å². The summed E-state index contributed by atoms with van der Waals surface area (Å²) in [6.45, 7) is 5.68. The maximum absolute atomic E-state index is 11.9. The van der Waals surface area contributed by atoms with Gasteiger partial charge in [-0.05, 0) is 26.8 Å². The van der Waals surface area contributed by atoms with E-state index in [-0.39, 0.29) is 24.4 Å². The molecule has 0 radical (unpaired) electrons. The second-order valence-electron chi connectivity index (χ2n) is 4.99. The number of carbonyl (C=O) groups is 2. The molecule has 2 rings (SSSR count). The largest absolute Gasteiger partial charge is 0.347 e. The first-order valence-corrected chi connectivity index (χ1v) is 7.69. The summed E-state index contributed by atoms with van der Waals surface area (Å²) in [6, 6.07) is 1.46.